The van der Waals surface area contributed by atoms with Crippen LogP contribution in [0.5, 0.6) is 0 Å². The van der Waals surface area contributed by atoms with Crippen LogP contribution in [0.4, 0.5) is 0 Å². The number of hydrogen-bond acceptors (Lipinski definition) is 5. The summed E-state index contributed by atoms with van der Waals surface area (Å²) in [6.07, 6.45) is 0. The molecule has 1 aromatic heterocycles. The first-order valence-corrected chi connectivity index (χ1v) is 8.80. The van der Waals surface area contributed by atoms with Gasteiger partial charge in [-0.3, -0.25) is 9.69 Å². The quantitative estimate of drug-likeness (QED) is 0.921. The van der Waals surface area contributed by atoms with E-state index in [0.29, 0.717) is 25.6 Å². The van der Waals surface area contributed by atoms with E-state index in [1.165, 1.54) is 11.3 Å². The maximum atomic E-state index is 12.8. The molecule has 5 nitrogen and oxygen atoms in total. The molecule has 0 spiro atoms. The third-order valence-electron chi connectivity index (χ3n) is 4.25. The highest BCUT2D eigenvalue weighted by Gasteiger charge is 2.33. The molecule has 0 saturated carbocycles. The van der Waals surface area contributed by atoms with Crippen LogP contribution in [-0.4, -0.2) is 64.1 Å². The number of hydrogen-bond donors (Lipinski definition) is 1. The van der Waals surface area contributed by atoms with Crippen molar-refractivity contribution in [2.24, 2.45) is 0 Å². The van der Waals surface area contributed by atoms with E-state index in [9.17, 15) is 4.79 Å². The lowest BCUT2D eigenvalue weighted by molar-refractivity contribution is 0.0239. The number of aromatic nitrogens is 1. The number of β-amino-alcohol motifs (C(OH)–C–C–N with tert-alkyl or cyclic N) is 1. The van der Waals surface area contributed by atoms with Crippen molar-refractivity contribution in [3.63, 3.8) is 0 Å². The molecule has 2 heterocycles. The summed E-state index contributed by atoms with van der Waals surface area (Å²) in [6.45, 7) is 12.6. The molecular weight excluding hydrogens is 298 g/mol. The fraction of sp³-hybridized carbons (Fsp3) is 0.750. The van der Waals surface area contributed by atoms with Gasteiger partial charge < -0.3 is 10.0 Å². The Labute approximate surface area is 137 Å². The minimum Gasteiger partial charge on any atom is -0.395 e. The van der Waals surface area contributed by atoms with Gasteiger partial charge in [-0.05, 0) is 20.8 Å². The zero-order valence-corrected chi connectivity index (χ0v) is 15.0. The molecule has 1 amide bonds. The number of rotatable bonds is 4. The average molecular weight is 325 g/mol. The van der Waals surface area contributed by atoms with E-state index in [-0.39, 0.29) is 24.6 Å². The third kappa shape index (κ3) is 3.50. The minimum atomic E-state index is 0.101. The molecule has 1 N–H and O–H groups in total. The lowest BCUT2D eigenvalue weighted by atomic mass is 10.1. The van der Waals surface area contributed by atoms with E-state index in [1.807, 2.05) is 11.8 Å². The number of carbonyl (C=O) groups is 1. The molecule has 2 atom stereocenters. The van der Waals surface area contributed by atoms with Crippen LogP contribution in [0.1, 0.15) is 54.0 Å². The summed E-state index contributed by atoms with van der Waals surface area (Å²) in [4.78, 5) is 22.4. The SMILES string of the molecule is Cc1nc(C(C)C)sc1C(=O)N1C[C@@H](C)N(CCO)[C@@H](C)C1. The molecule has 0 aromatic carbocycles. The first-order valence-electron chi connectivity index (χ1n) is 7.98. The molecular formula is C16H27N3O2S. The molecule has 22 heavy (non-hydrogen) atoms. The average Bonchev–Trinajstić information content (AvgIpc) is 2.84. The van der Waals surface area contributed by atoms with E-state index in [1.54, 1.807) is 0 Å². The molecule has 1 aliphatic rings. The number of nitrogens with zero attached hydrogens (tertiary/aromatic N) is 3. The van der Waals surface area contributed by atoms with Gasteiger partial charge >= 0.3 is 0 Å². The van der Waals surface area contributed by atoms with Gasteiger partial charge in [-0.1, -0.05) is 13.8 Å². The van der Waals surface area contributed by atoms with Crippen LogP contribution in [0.25, 0.3) is 0 Å². The van der Waals surface area contributed by atoms with Gasteiger partial charge in [0.05, 0.1) is 17.3 Å². The zero-order valence-electron chi connectivity index (χ0n) is 14.2. The number of thiazole rings is 1. The van der Waals surface area contributed by atoms with Crippen LogP contribution in [0.2, 0.25) is 0 Å². The van der Waals surface area contributed by atoms with Crippen LogP contribution in [0.15, 0.2) is 0 Å². The first kappa shape index (κ1) is 17.4. The van der Waals surface area contributed by atoms with Crippen LogP contribution < -0.4 is 0 Å². The second kappa shape index (κ2) is 7.06. The van der Waals surface area contributed by atoms with Crippen molar-refractivity contribution in [3.8, 4) is 0 Å². The molecule has 0 radical (unpaired) electrons. The summed E-state index contributed by atoms with van der Waals surface area (Å²) < 4.78 is 0. The van der Waals surface area contributed by atoms with Gasteiger partial charge in [-0.25, -0.2) is 4.98 Å². The van der Waals surface area contributed by atoms with Gasteiger partial charge in [0.1, 0.15) is 4.88 Å². The van der Waals surface area contributed by atoms with Crippen molar-refractivity contribution in [2.45, 2.75) is 52.6 Å². The summed E-state index contributed by atoms with van der Waals surface area (Å²) in [5.74, 6) is 0.453. The van der Waals surface area contributed by atoms with Gasteiger partial charge in [0, 0.05) is 37.6 Å². The molecule has 0 unspecified atom stereocenters. The fourth-order valence-corrected chi connectivity index (χ4v) is 4.12. The highest BCUT2D eigenvalue weighted by atomic mass is 32.1. The lowest BCUT2D eigenvalue weighted by Gasteiger charge is -2.44. The number of carbonyl (C=O) groups excluding carboxylic acids is 1. The predicted molar refractivity (Wildman–Crippen MR) is 89.6 cm³/mol. The number of amides is 1. The lowest BCUT2D eigenvalue weighted by Crippen LogP contribution is -2.58. The minimum absolute atomic E-state index is 0.101. The van der Waals surface area contributed by atoms with Crippen molar-refractivity contribution >= 4 is 17.2 Å². The van der Waals surface area contributed by atoms with Crippen molar-refractivity contribution in [1.29, 1.82) is 0 Å². The van der Waals surface area contributed by atoms with Crippen molar-refractivity contribution in [3.05, 3.63) is 15.6 Å². The highest BCUT2D eigenvalue weighted by Crippen LogP contribution is 2.27. The normalized spacial score (nSPS) is 23.3. The van der Waals surface area contributed by atoms with E-state index in [2.05, 4.69) is 37.6 Å². The molecule has 0 bridgehead atoms. The molecule has 1 saturated heterocycles. The molecule has 1 aliphatic heterocycles. The number of piperazine rings is 1. The largest absolute Gasteiger partial charge is 0.395 e. The van der Waals surface area contributed by atoms with Crippen LogP contribution in [0, 0.1) is 6.92 Å². The topological polar surface area (TPSA) is 56.7 Å². The van der Waals surface area contributed by atoms with Gasteiger partial charge in [0.15, 0.2) is 0 Å². The predicted octanol–water partition coefficient (Wildman–Crippen LogP) is 2.10. The Balaban J connectivity index is 2.14. The Morgan fingerprint density at radius 2 is 1.95 bits per heavy atom. The van der Waals surface area contributed by atoms with Gasteiger partial charge in [-0.2, -0.15) is 0 Å². The standard InChI is InChI=1S/C16H27N3O2S/c1-10(2)15-17-13(5)14(22-15)16(21)18-8-11(3)19(6-7-20)12(4)9-18/h10-12,20H,6-9H2,1-5H3/t11-,12+. The number of aliphatic hydroxyl groups excluding tert-OH is 1. The van der Waals surface area contributed by atoms with Crippen molar-refractivity contribution in [2.75, 3.05) is 26.2 Å². The molecule has 1 fully saturated rings. The van der Waals surface area contributed by atoms with Crippen LogP contribution in [0.3, 0.4) is 0 Å². The Morgan fingerprint density at radius 3 is 2.41 bits per heavy atom. The van der Waals surface area contributed by atoms with E-state index in [0.717, 1.165) is 15.6 Å². The summed E-state index contributed by atoms with van der Waals surface area (Å²) in [7, 11) is 0. The number of aryl methyl sites for hydroxylation is 1. The number of aliphatic hydroxyl groups is 1. The second-order valence-electron chi connectivity index (χ2n) is 6.49. The van der Waals surface area contributed by atoms with Gasteiger partial charge in [0.25, 0.3) is 5.91 Å². The van der Waals surface area contributed by atoms with E-state index in [4.69, 9.17) is 5.11 Å². The van der Waals surface area contributed by atoms with E-state index >= 15 is 0 Å². The summed E-state index contributed by atoms with van der Waals surface area (Å²) in [5, 5.41) is 10.2. The smallest absolute Gasteiger partial charge is 0.265 e. The Hall–Kier alpha value is -0.980. The Bertz CT molecular complexity index is 517. The first-order chi connectivity index (χ1) is 10.3. The van der Waals surface area contributed by atoms with Crippen LogP contribution >= 0.6 is 11.3 Å². The molecule has 2 rings (SSSR count). The van der Waals surface area contributed by atoms with Crippen molar-refractivity contribution < 1.29 is 9.90 Å². The summed E-state index contributed by atoms with van der Waals surface area (Å²) in [6, 6.07) is 0.523. The third-order valence-corrected chi connectivity index (χ3v) is 5.69. The molecule has 1 aromatic rings. The molecule has 0 aliphatic carbocycles. The molecule has 6 heteroatoms. The van der Waals surface area contributed by atoms with Crippen LogP contribution in [-0.2, 0) is 0 Å². The maximum Gasteiger partial charge on any atom is 0.265 e. The zero-order chi connectivity index (χ0) is 16.4. The maximum absolute atomic E-state index is 12.8. The van der Waals surface area contributed by atoms with Crippen molar-refractivity contribution in [1.82, 2.24) is 14.8 Å². The van der Waals surface area contributed by atoms with Gasteiger partial charge in [0.2, 0.25) is 0 Å². The van der Waals surface area contributed by atoms with Gasteiger partial charge in [-0.15, -0.1) is 11.3 Å². The highest BCUT2D eigenvalue weighted by molar-refractivity contribution is 7.13. The monoisotopic (exact) mass is 325 g/mol. The van der Waals surface area contributed by atoms with E-state index < -0.39 is 0 Å². The Kier molecular flexibility index (Phi) is 5.58. The summed E-state index contributed by atoms with van der Waals surface area (Å²) in [5.41, 5.74) is 0.844. The molecule has 124 valence electrons. The summed E-state index contributed by atoms with van der Waals surface area (Å²) >= 11 is 1.53. The fourth-order valence-electron chi connectivity index (χ4n) is 3.08. The second-order valence-corrected chi connectivity index (χ2v) is 7.52. The Morgan fingerprint density at radius 1 is 1.36 bits per heavy atom.